The fourth-order valence-electron chi connectivity index (χ4n) is 1.70. The first kappa shape index (κ1) is 21.6. The van der Waals surface area contributed by atoms with Gasteiger partial charge in [-0.3, -0.25) is 9.69 Å². The molecule has 0 heterocycles. The Morgan fingerprint density at radius 2 is 1.40 bits per heavy atom. The van der Waals surface area contributed by atoms with E-state index in [4.69, 9.17) is 15.3 Å². The van der Waals surface area contributed by atoms with Crippen LogP contribution in [0.4, 0.5) is 0 Å². The van der Waals surface area contributed by atoms with Crippen LogP contribution in [0.5, 0.6) is 0 Å². The van der Waals surface area contributed by atoms with Crippen LogP contribution < -0.4 is 0 Å². The van der Waals surface area contributed by atoms with E-state index < -0.39 is 5.97 Å². The second-order valence-corrected chi connectivity index (χ2v) is 4.85. The first-order valence-electron chi connectivity index (χ1n) is 7.78. The number of rotatable bonds is 12. The van der Waals surface area contributed by atoms with Gasteiger partial charge in [-0.1, -0.05) is 39.5 Å². The van der Waals surface area contributed by atoms with E-state index in [0.717, 1.165) is 38.6 Å². The summed E-state index contributed by atoms with van der Waals surface area (Å²) >= 11 is 0. The first-order chi connectivity index (χ1) is 9.62. The van der Waals surface area contributed by atoms with Crippen LogP contribution in [0.25, 0.3) is 0 Å². The van der Waals surface area contributed by atoms with Gasteiger partial charge >= 0.3 is 5.97 Å². The Hall–Kier alpha value is -0.650. The summed E-state index contributed by atoms with van der Waals surface area (Å²) < 4.78 is 0. The van der Waals surface area contributed by atoms with Gasteiger partial charge in [-0.25, -0.2) is 0 Å². The standard InChI is InChI=1S/C8H19NO2.C7H14O2/c1-2-3-4-9(5-7-10)6-8-11;1-2-3-4-5-6-7(8)9/h10-11H,2-8H2,1H3;2-6H2,1H3,(H,8,9). The normalized spacial score (nSPS) is 10.2. The number of aliphatic carboxylic acids is 1. The largest absolute Gasteiger partial charge is 0.481 e. The number of nitrogens with zero attached hydrogens (tertiary/aromatic N) is 1. The maximum absolute atomic E-state index is 9.96. The lowest BCUT2D eigenvalue weighted by Gasteiger charge is -2.19. The Morgan fingerprint density at radius 1 is 0.850 bits per heavy atom. The summed E-state index contributed by atoms with van der Waals surface area (Å²) in [5, 5.41) is 25.5. The molecule has 0 aromatic carbocycles. The van der Waals surface area contributed by atoms with Crippen molar-refractivity contribution in [3.63, 3.8) is 0 Å². The van der Waals surface area contributed by atoms with Crippen LogP contribution in [0.2, 0.25) is 0 Å². The quantitative estimate of drug-likeness (QED) is 0.480. The smallest absolute Gasteiger partial charge is 0.303 e. The van der Waals surface area contributed by atoms with Crippen molar-refractivity contribution in [1.82, 2.24) is 4.90 Å². The summed E-state index contributed by atoms with van der Waals surface area (Å²) in [5.74, 6) is -0.675. The Bertz CT molecular complexity index is 194. The zero-order valence-electron chi connectivity index (χ0n) is 13.2. The van der Waals surface area contributed by atoms with Crippen LogP contribution in [0.3, 0.4) is 0 Å². The van der Waals surface area contributed by atoms with Gasteiger partial charge in [-0.15, -0.1) is 0 Å². The van der Waals surface area contributed by atoms with Crippen molar-refractivity contribution in [3.05, 3.63) is 0 Å². The maximum Gasteiger partial charge on any atom is 0.303 e. The molecule has 0 radical (unpaired) electrons. The number of carbonyl (C=O) groups is 1. The van der Waals surface area contributed by atoms with Gasteiger partial charge in [-0.2, -0.15) is 0 Å². The molecular weight excluding hydrogens is 258 g/mol. The average Bonchev–Trinajstić information content (AvgIpc) is 2.42. The SMILES string of the molecule is CCCCCCC(=O)O.CCCCN(CCO)CCO. The third kappa shape index (κ3) is 19.7. The van der Waals surface area contributed by atoms with Crippen LogP contribution in [0.1, 0.15) is 58.8 Å². The van der Waals surface area contributed by atoms with Gasteiger partial charge < -0.3 is 15.3 Å². The molecule has 5 nitrogen and oxygen atoms in total. The van der Waals surface area contributed by atoms with Crippen LogP contribution in [0.15, 0.2) is 0 Å². The van der Waals surface area contributed by atoms with Crippen LogP contribution in [0, 0.1) is 0 Å². The summed E-state index contributed by atoms with van der Waals surface area (Å²) in [4.78, 5) is 12.0. The van der Waals surface area contributed by atoms with Gasteiger partial charge in [-0.05, 0) is 19.4 Å². The molecule has 0 aromatic heterocycles. The number of carboxylic acids is 1. The molecule has 0 aliphatic rings. The van der Waals surface area contributed by atoms with Crippen molar-refractivity contribution in [2.75, 3.05) is 32.8 Å². The molecule has 0 fully saturated rings. The third-order valence-corrected chi connectivity index (χ3v) is 2.90. The molecule has 0 amide bonds. The minimum atomic E-state index is -0.675. The average molecular weight is 291 g/mol. The molecule has 0 saturated heterocycles. The minimum absolute atomic E-state index is 0.184. The molecule has 3 N–H and O–H groups in total. The zero-order chi connectivity index (χ0) is 15.6. The van der Waals surface area contributed by atoms with E-state index in [1.165, 1.54) is 6.42 Å². The highest BCUT2D eigenvalue weighted by atomic mass is 16.4. The van der Waals surface area contributed by atoms with Gasteiger partial charge in [0.1, 0.15) is 0 Å². The highest BCUT2D eigenvalue weighted by Gasteiger charge is 2.00. The lowest BCUT2D eigenvalue weighted by molar-refractivity contribution is -0.137. The van der Waals surface area contributed by atoms with E-state index in [1.807, 2.05) is 0 Å². The zero-order valence-corrected chi connectivity index (χ0v) is 13.2. The van der Waals surface area contributed by atoms with E-state index in [0.29, 0.717) is 19.5 Å². The molecule has 0 aliphatic carbocycles. The van der Waals surface area contributed by atoms with Crippen LogP contribution in [-0.4, -0.2) is 59.0 Å². The molecule has 5 heteroatoms. The lowest BCUT2D eigenvalue weighted by atomic mass is 10.2. The topological polar surface area (TPSA) is 81.0 Å². The number of aliphatic hydroxyl groups is 2. The van der Waals surface area contributed by atoms with Crippen molar-refractivity contribution in [3.8, 4) is 0 Å². The van der Waals surface area contributed by atoms with Crippen LogP contribution in [-0.2, 0) is 4.79 Å². The maximum atomic E-state index is 9.96. The monoisotopic (exact) mass is 291 g/mol. The first-order valence-corrected chi connectivity index (χ1v) is 7.78. The van der Waals surface area contributed by atoms with Crippen molar-refractivity contribution in [2.45, 2.75) is 58.8 Å². The van der Waals surface area contributed by atoms with E-state index >= 15 is 0 Å². The van der Waals surface area contributed by atoms with E-state index in [1.54, 1.807) is 0 Å². The Labute approximate surface area is 123 Å². The Balaban J connectivity index is 0. The summed E-state index contributed by atoms with van der Waals surface area (Å²) in [6.45, 7) is 6.96. The molecule has 0 spiro atoms. The predicted octanol–water partition coefficient (Wildman–Crippen LogP) is 2.11. The number of hydrogen-bond donors (Lipinski definition) is 3. The molecule has 122 valence electrons. The molecule has 0 bridgehead atoms. The van der Waals surface area contributed by atoms with E-state index in [2.05, 4.69) is 18.7 Å². The Kier molecular flexibility index (Phi) is 19.9. The molecular formula is C15H33NO4. The van der Waals surface area contributed by atoms with Crippen molar-refractivity contribution >= 4 is 5.97 Å². The van der Waals surface area contributed by atoms with Gasteiger partial charge in [0.15, 0.2) is 0 Å². The molecule has 0 rings (SSSR count). The predicted molar refractivity (Wildman–Crippen MR) is 81.9 cm³/mol. The number of carboxylic acid groups (broad SMARTS) is 1. The van der Waals surface area contributed by atoms with Crippen molar-refractivity contribution in [2.24, 2.45) is 0 Å². The van der Waals surface area contributed by atoms with Gasteiger partial charge in [0.05, 0.1) is 13.2 Å². The summed E-state index contributed by atoms with van der Waals surface area (Å²) in [6, 6.07) is 0. The molecule has 0 aliphatic heterocycles. The second-order valence-electron chi connectivity index (χ2n) is 4.85. The van der Waals surface area contributed by atoms with Gasteiger partial charge in [0.25, 0.3) is 0 Å². The molecule has 0 unspecified atom stereocenters. The molecule has 0 atom stereocenters. The third-order valence-electron chi connectivity index (χ3n) is 2.90. The Morgan fingerprint density at radius 3 is 1.80 bits per heavy atom. The fraction of sp³-hybridized carbons (Fsp3) is 0.933. The highest BCUT2D eigenvalue weighted by molar-refractivity contribution is 5.66. The highest BCUT2D eigenvalue weighted by Crippen LogP contribution is 2.01. The van der Waals surface area contributed by atoms with E-state index in [-0.39, 0.29) is 13.2 Å². The molecule has 0 saturated carbocycles. The van der Waals surface area contributed by atoms with Gasteiger partial charge in [0, 0.05) is 19.5 Å². The number of unbranched alkanes of at least 4 members (excludes halogenated alkanes) is 4. The minimum Gasteiger partial charge on any atom is -0.481 e. The molecule has 0 aromatic rings. The van der Waals surface area contributed by atoms with Crippen LogP contribution >= 0.6 is 0 Å². The summed E-state index contributed by atoms with van der Waals surface area (Å²) in [6.07, 6.45) is 6.85. The summed E-state index contributed by atoms with van der Waals surface area (Å²) in [5.41, 5.74) is 0. The number of aliphatic hydroxyl groups excluding tert-OH is 2. The second kappa shape index (κ2) is 18.4. The summed E-state index contributed by atoms with van der Waals surface area (Å²) in [7, 11) is 0. The number of hydrogen-bond acceptors (Lipinski definition) is 4. The lowest BCUT2D eigenvalue weighted by Crippen LogP contribution is -2.30. The van der Waals surface area contributed by atoms with Crippen molar-refractivity contribution in [1.29, 1.82) is 0 Å². The fourth-order valence-corrected chi connectivity index (χ4v) is 1.70. The van der Waals surface area contributed by atoms with E-state index in [9.17, 15) is 4.79 Å². The molecule has 20 heavy (non-hydrogen) atoms. The van der Waals surface area contributed by atoms with Gasteiger partial charge in [0.2, 0.25) is 0 Å². The van der Waals surface area contributed by atoms with Crippen molar-refractivity contribution < 1.29 is 20.1 Å².